The Balaban J connectivity index is 0.000000135. The number of halogens is 1. The lowest BCUT2D eigenvalue weighted by Gasteiger charge is -2.11. The summed E-state index contributed by atoms with van der Waals surface area (Å²) < 4.78 is 38.6. The van der Waals surface area contributed by atoms with Crippen LogP contribution in [0, 0.1) is 5.82 Å². The second-order valence-electron chi connectivity index (χ2n) is 22.7. The van der Waals surface area contributed by atoms with E-state index in [1.807, 2.05) is 84.9 Å². The molecule has 428 valence electrons. The standard InChI is InChI=1S/C40H24FN3O2.C40H23N3O2/c41-32-18-7-4-15-27(32)30-21-22-31-36-39(46-38(31)37(30)45)35(24-11-2-1-3-12-24)42-40(43-36)25-13-10-14-26(23-25)44-33-19-8-5-16-28(33)29-17-6-9-20-34(29)44;1-2-11-24(12-3-1)35-39-36(31-22-21-30-29-17-6-9-20-34(29)44-37(30)38(31)45-39)42-40(41-35)25-13-10-14-26(23-25)43-32-18-7-4-15-27(32)28-16-5-8-19-33(28)43/h1-23,45H;1-23H. The van der Waals surface area contributed by atoms with E-state index in [0.717, 1.165) is 94.2 Å². The van der Waals surface area contributed by atoms with Crippen molar-refractivity contribution in [3.63, 3.8) is 0 Å². The number of nitrogens with zero attached hydrogens (tertiary/aromatic N) is 6. The smallest absolute Gasteiger partial charge is 0.180 e. The largest absolute Gasteiger partial charge is 0.504 e. The molecule has 0 amide bonds. The summed E-state index contributed by atoms with van der Waals surface area (Å²) in [4.78, 5) is 20.4. The van der Waals surface area contributed by atoms with Gasteiger partial charge >= 0.3 is 0 Å². The Morgan fingerprint density at radius 1 is 0.297 bits per heavy atom. The van der Waals surface area contributed by atoms with Gasteiger partial charge in [-0.25, -0.2) is 24.3 Å². The van der Waals surface area contributed by atoms with E-state index in [2.05, 4.69) is 173 Å². The highest BCUT2D eigenvalue weighted by Gasteiger charge is 2.25. The van der Waals surface area contributed by atoms with E-state index in [-0.39, 0.29) is 11.3 Å². The Morgan fingerprint density at radius 2 is 0.703 bits per heavy atom. The predicted molar refractivity (Wildman–Crippen MR) is 363 cm³/mol. The Hall–Kier alpha value is -12.5. The summed E-state index contributed by atoms with van der Waals surface area (Å²) in [7, 11) is 0. The zero-order chi connectivity index (χ0) is 60.3. The average molecular weight is 1180 g/mol. The number of benzene rings is 12. The maximum atomic E-state index is 14.7. The first kappa shape index (κ1) is 51.7. The third-order valence-electron chi connectivity index (χ3n) is 17.4. The van der Waals surface area contributed by atoms with Crippen LogP contribution in [0.15, 0.2) is 292 Å². The maximum Gasteiger partial charge on any atom is 0.180 e. The molecule has 0 unspecified atom stereocenters. The Bertz CT molecular complexity index is 6030. The van der Waals surface area contributed by atoms with E-state index in [1.165, 1.54) is 27.6 Å². The number of phenols is 1. The minimum Gasteiger partial charge on any atom is -0.504 e. The molecular weight excluding hydrogens is 1130 g/mol. The molecule has 0 aliphatic rings. The highest BCUT2D eigenvalue weighted by Crippen LogP contribution is 2.45. The van der Waals surface area contributed by atoms with Crippen LogP contribution >= 0.6 is 0 Å². The fraction of sp³-hybridized carbons (Fsp3) is 0. The van der Waals surface area contributed by atoms with Gasteiger partial charge in [-0.1, -0.05) is 194 Å². The summed E-state index contributed by atoms with van der Waals surface area (Å²) in [6.07, 6.45) is 0. The van der Waals surface area contributed by atoms with E-state index in [4.69, 9.17) is 33.2 Å². The van der Waals surface area contributed by atoms with Crippen LogP contribution in [0.2, 0.25) is 0 Å². The number of phenolic OH excluding ortho intramolecular Hbond substituents is 1. The van der Waals surface area contributed by atoms with Gasteiger partial charge in [-0.2, -0.15) is 0 Å². The summed E-state index contributed by atoms with van der Waals surface area (Å²) in [5.74, 6) is 0.587. The number of fused-ring (bicyclic) bond motifs is 16. The van der Waals surface area contributed by atoms with Gasteiger partial charge in [0.2, 0.25) is 0 Å². The van der Waals surface area contributed by atoms with E-state index in [0.29, 0.717) is 56.1 Å². The molecule has 0 bridgehead atoms. The van der Waals surface area contributed by atoms with Gasteiger partial charge in [0.1, 0.15) is 33.8 Å². The quantitative estimate of drug-likeness (QED) is 0.167. The van der Waals surface area contributed by atoms with Crippen molar-refractivity contribution in [2.45, 2.75) is 0 Å². The van der Waals surface area contributed by atoms with Crippen molar-refractivity contribution in [1.82, 2.24) is 29.1 Å². The molecule has 11 heteroatoms. The molecule has 12 aromatic carbocycles. The minimum atomic E-state index is -0.427. The molecule has 19 rings (SSSR count). The molecule has 0 atom stereocenters. The van der Waals surface area contributed by atoms with Gasteiger partial charge in [-0.3, -0.25) is 0 Å². The van der Waals surface area contributed by atoms with Crippen LogP contribution in [0.5, 0.6) is 5.75 Å². The maximum absolute atomic E-state index is 14.7. The second-order valence-corrected chi connectivity index (χ2v) is 22.7. The zero-order valence-electron chi connectivity index (χ0n) is 48.3. The van der Waals surface area contributed by atoms with Crippen LogP contribution in [-0.2, 0) is 0 Å². The first-order valence-corrected chi connectivity index (χ1v) is 30.0. The third-order valence-corrected chi connectivity index (χ3v) is 17.4. The molecule has 10 nitrogen and oxygen atoms in total. The predicted octanol–water partition coefficient (Wildman–Crippen LogP) is 21.0. The van der Waals surface area contributed by atoms with E-state index >= 15 is 0 Å². The molecular formula is C80H47FN6O4. The van der Waals surface area contributed by atoms with E-state index < -0.39 is 5.82 Å². The van der Waals surface area contributed by atoms with Crippen LogP contribution < -0.4 is 0 Å². The molecule has 0 saturated carbocycles. The van der Waals surface area contributed by atoms with Crippen LogP contribution in [0.4, 0.5) is 4.39 Å². The van der Waals surface area contributed by atoms with Gasteiger partial charge < -0.3 is 27.5 Å². The lowest BCUT2D eigenvalue weighted by atomic mass is 10.0. The molecule has 0 aliphatic carbocycles. The minimum absolute atomic E-state index is 0.144. The van der Waals surface area contributed by atoms with Crippen molar-refractivity contribution in [3.8, 4) is 73.5 Å². The summed E-state index contributed by atoms with van der Waals surface area (Å²) in [5.41, 5.74) is 17.0. The Labute approximate surface area is 517 Å². The molecule has 0 fully saturated rings. The van der Waals surface area contributed by atoms with Crippen molar-refractivity contribution >= 4 is 110 Å². The average Bonchev–Trinajstić information content (AvgIpc) is 2.24. The van der Waals surface area contributed by atoms with E-state index in [9.17, 15) is 9.50 Å². The number of para-hydroxylation sites is 5. The van der Waals surface area contributed by atoms with Gasteiger partial charge in [-0.05, 0) is 84.9 Å². The fourth-order valence-electron chi connectivity index (χ4n) is 13.3. The molecule has 0 saturated heterocycles. The van der Waals surface area contributed by atoms with Crippen LogP contribution in [-0.4, -0.2) is 34.2 Å². The molecule has 91 heavy (non-hydrogen) atoms. The zero-order valence-corrected chi connectivity index (χ0v) is 48.3. The summed E-state index contributed by atoms with van der Waals surface area (Å²) >= 11 is 0. The van der Waals surface area contributed by atoms with Crippen LogP contribution in [0.3, 0.4) is 0 Å². The first-order chi connectivity index (χ1) is 45.0. The number of rotatable bonds is 7. The molecule has 0 radical (unpaired) electrons. The summed E-state index contributed by atoms with van der Waals surface area (Å²) in [6.45, 7) is 0. The monoisotopic (exact) mass is 1170 g/mol. The molecule has 0 spiro atoms. The van der Waals surface area contributed by atoms with Gasteiger partial charge in [-0.15, -0.1) is 0 Å². The van der Waals surface area contributed by atoms with Crippen LogP contribution in [0.25, 0.3) is 177 Å². The fourth-order valence-corrected chi connectivity index (χ4v) is 13.3. The normalized spacial score (nSPS) is 11.8. The van der Waals surface area contributed by atoms with Crippen LogP contribution in [0.1, 0.15) is 0 Å². The van der Waals surface area contributed by atoms with Gasteiger partial charge in [0.15, 0.2) is 45.3 Å². The molecule has 0 aliphatic heterocycles. The van der Waals surface area contributed by atoms with Gasteiger partial charge in [0, 0.05) is 77.1 Å². The van der Waals surface area contributed by atoms with Crippen molar-refractivity contribution in [2.75, 3.05) is 0 Å². The topological polar surface area (TPSA) is 121 Å². The first-order valence-electron chi connectivity index (χ1n) is 30.0. The second kappa shape index (κ2) is 20.6. The number of aromatic nitrogens is 6. The summed E-state index contributed by atoms with van der Waals surface area (Å²) in [6, 6.07) is 92.7. The molecule has 1 N–H and O–H groups in total. The van der Waals surface area contributed by atoms with Gasteiger partial charge in [0.05, 0.1) is 32.8 Å². The van der Waals surface area contributed by atoms with E-state index in [1.54, 1.807) is 24.3 Å². The number of aromatic hydroxyl groups is 1. The molecule has 19 aromatic rings. The highest BCUT2D eigenvalue weighted by molar-refractivity contribution is 6.19. The SMILES string of the molecule is Oc1c(-c2ccccc2F)ccc2c1oc1c(-c3ccccc3)nc(-c3cccc(-n4c5ccccc5c5ccccc54)c3)nc12.c1ccc(-c2nc(-c3cccc(-n4c5ccccc5c5ccccc54)c3)nc3c2oc2c3ccc3c4ccccc4oc32)cc1. The number of hydrogen-bond donors (Lipinski definition) is 1. The van der Waals surface area contributed by atoms with Crippen molar-refractivity contribution in [3.05, 3.63) is 285 Å². The number of furan rings is 3. The lowest BCUT2D eigenvalue weighted by molar-refractivity contribution is 0.470. The number of hydrogen-bond acceptors (Lipinski definition) is 8. The van der Waals surface area contributed by atoms with Crippen molar-refractivity contribution in [1.29, 1.82) is 0 Å². The Morgan fingerprint density at radius 3 is 1.23 bits per heavy atom. The lowest BCUT2D eigenvalue weighted by Crippen LogP contribution is -1.97. The Kier molecular flexibility index (Phi) is 11.7. The third kappa shape index (κ3) is 8.25. The summed E-state index contributed by atoms with van der Waals surface area (Å²) in [5, 5.41) is 19.8. The molecule has 7 aromatic heterocycles. The molecule has 7 heterocycles. The van der Waals surface area contributed by atoms with Gasteiger partial charge in [0.25, 0.3) is 0 Å². The van der Waals surface area contributed by atoms with Crippen molar-refractivity contribution < 1.29 is 22.7 Å². The highest BCUT2D eigenvalue weighted by atomic mass is 19.1. The van der Waals surface area contributed by atoms with Crippen molar-refractivity contribution in [2.24, 2.45) is 0 Å².